The fraction of sp³-hybridized carbons (Fsp3) is 1.00. The Bertz CT molecular complexity index is 141. The van der Waals surface area contributed by atoms with Crippen LogP contribution < -0.4 is 5.32 Å². The minimum Gasteiger partial charge on any atom is -0.314 e. The smallest absolute Gasteiger partial charge is 0.00682 e. The van der Waals surface area contributed by atoms with Crippen molar-refractivity contribution in [1.82, 2.24) is 10.2 Å². The number of nitrogens with one attached hydrogen (secondary N) is 1. The highest BCUT2D eigenvalue weighted by atomic mass is 15.1. The third kappa shape index (κ3) is 5.61. The van der Waals surface area contributed by atoms with Gasteiger partial charge in [0.2, 0.25) is 0 Å². The first kappa shape index (κ1) is 12.0. The van der Waals surface area contributed by atoms with Crippen molar-refractivity contribution in [3.05, 3.63) is 0 Å². The highest BCUT2D eigenvalue weighted by Crippen LogP contribution is 2.18. The van der Waals surface area contributed by atoms with Crippen molar-refractivity contribution in [2.75, 3.05) is 20.1 Å². The summed E-state index contributed by atoms with van der Waals surface area (Å²) >= 11 is 0. The third-order valence-corrected chi connectivity index (χ3v) is 3.08. The average Bonchev–Trinajstić information content (AvgIpc) is 2.94. The van der Waals surface area contributed by atoms with Crippen molar-refractivity contribution >= 4 is 0 Å². The quantitative estimate of drug-likeness (QED) is 0.602. The Hall–Kier alpha value is -0.0800. The fourth-order valence-corrected chi connectivity index (χ4v) is 1.51. The maximum atomic E-state index is 3.55. The first-order chi connectivity index (χ1) is 6.70. The summed E-state index contributed by atoms with van der Waals surface area (Å²) in [5.74, 6) is 0. The second-order valence-electron chi connectivity index (χ2n) is 4.86. The number of nitrogens with zero attached hydrogens (tertiary/aromatic N) is 1. The normalized spacial score (nSPS) is 16.9. The molecule has 1 saturated carbocycles. The van der Waals surface area contributed by atoms with Crippen LogP contribution in [0.25, 0.3) is 0 Å². The molecule has 0 aromatic carbocycles. The third-order valence-electron chi connectivity index (χ3n) is 3.08. The molecule has 0 spiro atoms. The van der Waals surface area contributed by atoms with Gasteiger partial charge in [0.25, 0.3) is 0 Å². The molecule has 0 atom stereocenters. The van der Waals surface area contributed by atoms with Gasteiger partial charge in [-0.25, -0.2) is 0 Å². The van der Waals surface area contributed by atoms with E-state index in [0.717, 1.165) is 6.04 Å². The van der Waals surface area contributed by atoms with Gasteiger partial charge in [0.05, 0.1) is 0 Å². The zero-order chi connectivity index (χ0) is 10.4. The van der Waals surface area contributed by atoms with Gasteiger partial charge in [0, 0.05) is 12.1 Å². The Labute approximate surface area is 89.1 Å². The molecular weight excluding hydrogens is 172 g/mol. The standard InChI is InChI=1S/C12H26N2/c1-11(2)14(3)10-6-4-5-9-13-12-7-8-12/h11-13H,4-10H2,1-3H3. The van der Waals surface area contributed by atoms with E-state index in [1.54, 1.807) is 0 Å². The molecule has 2 heteroatoms. The molecule has 1 aliphatic carbocycles. The van der Waals surface area contributed by atoms with E-state index in [1.807, 2.05) is 0 Å². The summed E-state index contributed by atoms with van der Waals surface area (Å²) < 4.78 is 0. The van der Waals surface area contributed by atoms with Crippen LogP contribution in [0, 0.1) is 0 Å². The van der Waals surface area contributed by atoms with Gasteiger partial charge in [-0.15, -0.1) is 0 Å². The number of unbranched alkanes of at least 4 members (excludes halogenated alkanes) is 2. The van der Waals surface area contributed by atoms with E-state index in [-0.39, 0.29) is 0 Å². The maximum absolute atomic E-state index is 3.55. The molecule has 1 fully saturated rings. The largest absolute Gasteiger partial charge is 0.314 e. The van der Waals surface area contributed by atoms with Crippen LogP contribution in [-0.2, 0) is 0 Å². The Morgan fingerprint density at radius 1 is 1.21 bits per heavy atom. The predicted molar refractivity (Wildman–Crippen MR) is 62.6 cm³/mol. The van der Waals surface area contributed by atoms with E-state index >= 15 is 0 Å². The van der Waals surface area contributed by atoms with E-state index in [2.05, 4.69) is 31.1 Å². The molecule has 14 heavy (non-hydrogen) atoms. The van der Waals surface area contributed by atoms with Crippen LogP contribution in [0.4, 0.5) is 0 Å². The molecule has 0 aromatic rings. The summed E-state index contributed by atoms with van der Waals surface area (Å²) in [7, 11) is 2.22. The van der Waals surface area contributed by atoms with Crippen molar-refractivity contribution in [2.24, 2.45) is 0 Å². The highest BCUT2D eigenvalue weighted by Gasteiger charge is 2.19. The van der Waals surface area contributed by atoms with Gasteiger partial charge < -0.3 is 10.2 Å². The minimum absolute atomic E-state index is 0.694. The van der Waals surface area contributed by atoms with Crippen molar-refractivity contribution < 1.29 is 0 Å². The van der Waals surface area contributed by atoms with Gasteiger partial charge in [-0.3, -0.25) is 0 Å². The van der Waals surface area contributed by atoms with Gasteiger partial charge in [-0.2, -0.15) is 0 Å². The molecule has 0 unspecified atom stereocenters. The van der Waals surface area contributed by atoms with Crippen molar-refractivity contribution in [2.45, 2.75) is 58.0 Å². The van der Waals surface area contributed by atoms with Gasteiger partial charge in [-0.1, -0.05) is 6.42 Å². The topological polar surface area (TPSA) is 15.3 Å². The molecule has 0 amide bonds. The first-order valence-corrected chi connectivity index (χ1v) is 6.14. The Morgan fingerprint density at radius 3 is 2.50 bits per heavy atom. The van der Waals surface area contributed by atoms with Crippen molar-refractivity contribution in [1.29, 1.82) is 0 Å². The lowest BCUT2D eigenvalue weighted by Gasteiger charge is -2.20. The molecule has 0 heterocycles. The van der Waals surface area contributed by atoms with Gasteiger partial charge in [-0.05, 0) is 59.7 Å². The number of rotatable bonds is 8. The van der Waals surface area contributed by atoms with E-state index < -0.39 is 0 Å². The molecule has 0 aromatic heterocycles. The lowest BCUT2D eigenvalue weighted by atomic mass is 10.2. The molecule has 1 N–H and O–H groups in total. The zero-order valence-electron chi connectivity index (χ0n) is 10.1. The highest BCUT2D eigenvalue weighted by molar-refractivity contribution is 4.80. The summed E-state index contributed by atoms with van der Waals surface area (Å²) in [4.78, 5) is 2.42. The van der Waals surface area contributed by atoms with E-state index in [1.165, 1.54) is 45.2 Å². The molecule has 0 aliphatic heterocycles. The van der Waals surface area contributed by atoms with Crippen LogP contribution in [0.1, 0.15) is 46.0 Å². The van der Waals surface area contributed by atoms with Crippen LogP contribution in [0.5, 0.6) is 0 Å². The zero-order valence-corrected chi connectivity index (χ0v) is 10.1. The Morgan fingerprint density at radius 2 is 1.93 bits per heavy atom. The number of hydrogen-bond donors (Lipinski definition) is 1. The van der Waals surface area contributed by atoms with E-state index in [0.29, 0.717) is 6.04 Å². The number of hydrogen-bond acceptors (Lipinski definition) is 2. The van der Waals surface area contributed by atoms with Gasteiger partial charge in [0.15, 0.2) is 0 Å². The van der Waals surface area contributed by atoms with Gasteiger partial charge in [0.1, 0.15) is 0 Å². The summed E-state index contributed by atoms with van der Waals surface area (Å²) in [6.45, 7) is 7.00. The molecule has 0 radical (unpaired) electrons. The summed E-state index contributed by atoms with van der Waals surface area (Å²) in [5.41, 5.74) is 0. The van der Waals surface area contributed by atoms with Crippen LogP contribution >= 0.6 is 0 Å². The monoisotopic (exact) mass is 198 g/mol. The molecular formula is C12H26N2. The van der Waals surface area contributed by atoms with E-state index in [4.69, 9.17) is 0 Å². The van der Waals surface area contributed by atoms with E-state index in [9.17, 15) is 0 Å². The minimum atomic E-state index is 0.694. The molecule has 84 valence electrons. The summed E-state index contributed by atoms with van der Waals surface area (Å²) in [6.07, 6.45) is 6.90. The summed E-state index contributed by atoms with van der Waals surface area (Å²) in [5, 5.41) is 3.55. The predicted octanol–water partition coefficient (Wildman–Crippen LogP) is 2.25. The maximum Gasteiger partial charge on any atom is 0.00682 e. The lowest BCUT2D eigenvalue weighted by molar-refractivity contribution is 0.267. The van der Waals surface area contributed by atoms with Gasteiger partial charge >= 0.3 is 0 Å². The molecule has 0 saturated heterocycles. The second kappa shape index (κ2) is 6.41. The Kier molecular flexibility index (Phi) is 5.49. The molecule has 1 aliphatic rings. The van der Waals surface area contributed by atoms with Crippen molar-refractivity contribution in [3.63, 3.8) is 0 Å². The lowest BCUT2D eigenvalue weighted by Crippen LogP contribution is -2.27. The van der Waals surface area contributed by atoms with Crippen LogP contribution in [0.3, 0.4) is 0 Å². The molecule has 2 nitrogen and oxygen atoms in total. The average molecular weight is 198 g/mol. The first-order valence-electron chi connectivity index (χ1n) is 6.14. The molecule has 0 bridgehead atoms. The van der Waals surface area contributed by atoms with Crippen molar-refractivity contribution in [3.8, 4) is 0 Å². The Balaban J connectivity index is 1.78. The van der Waals surface area contributed by atoms with Crippen LogP contribution in [0.15, 0.2) is 0 Å². The summed E-state index contributed by atoms with van der Waals surface area (Å²) in [6, 6.07) is 1.58. The van der Waals surface area contributed by atoms with Crippen LogP contribution in [-0.4, -0.2) is 37.1 Å². The fourth-order valence-electron chi connectivity index (χ4n) is 1.51. The molecule has 1 rings (SSSR count). The van der Waals surface area contributed by atoms with Crippen LogP contribution in [0.2, 0.25) is 0 Å². The SMILES string of the molecule is CC(C)N(C)CCCCCNC1CC1. The second-order valence-corrected chi connectivity index (χ2v) is 4.86.